The van der Waals surface area contributed by atoms with Gasteiger partial charge in [-0.1, -0.05) is 25.6 Å². The van der Waals surface area contributed by atoms with Crippen molar-refractivity contribution >= 4 is 17.3 Å². The van der Waals surface area contributed by atoms with Gasteiger partial charge in [0.05, 0.1) is 17.9 Å². The second kappa shape index (κ2) is 3.77. The van der Waals surface area contributed by atoms with Gasteiger partial charge in [-0.05, 0) is 12.1 Å². The minimum absolute atomic E-state index is 0.130. The number of anilines is 2. The summed E-state index contributed by atoms with van der Waals surface area (Å²) in [5.41, 5.74) is 2.75. The molecule has 0 aliphatic carbocycles. The topological polar surface area (TPSA) is 32.3 Å². The number of nitrogens with one attached hydrogen (secondary N) is 1. The van der Waals surface area contributed by atoms with Gasteiger partial charge < -0.3 is 10.2 Å². The summed E-state index contributed by atoms with van der Waals surface area (Å²) in [4.78, 5) is 13.5. The molecule has 0 atom stereocenters. The van der Waals surface area contributed by atoms with Gasteiger partial charge in [0.2, 0.25) is 5.91 Å². The van der Waals surface area contributed by atoms with Crippen molar-refractivity contribution in [1.29, 1.82) is 0 Å². The number of amides is 1. The van der Waals surface area contributed by atoms with Crippen molar-refractivity contribution in [1.82, 2.24) is 0 Å². The first-order valence-corrected chi connectivity index (χ1v) is 5.06. The molecule has 1 amide bonds. The van der Waals surface area contributed by atoms with Gasteiger partial charge in [-0.15, -0.1) is 0 Å². The first kappa shape index (κ1) is 9.77. The Bertz CT molecular complexity index is 412. The summed E-state index contributed by atoms with van der Waals surface area (Å²) in [5.74, 6) is 0.130. The Morgan fingerprint density at radius 1 is 1.53 bits per heavy atom. The lowest BCUT2D eigenvalue weighted by Crippen LogP contribution is -2.36. The lowest BCUT2D eigenvalue weighted by molar-refractivity contribution is -0.118. The SMILES string of the molecule is C=C1CN(C(=O)CC)c2ccccc2N1. The fraction of sp³-hybridized carbons (Fsp3) is 0.250. The first-order chi connectivity index (χ1) is 7.22. The molecule has 3 heteroatoms. The van der Waals surface area contributed by atoms with Crippen molar-refractivity contribution in [3.05, 3.63) is 36.5 Å². The molecular formula is C12H14N2O. The van der Waals surface area contributed by atoms with E-state index >= 15 is 0 Å². The van der Waals surface area contributed by atoms with E-state index in [1.165, 1.54) is 0 Å². The van der Waals surface area contributed by atoms with Crippen LogP contribution in [0.25, 0.3) is 0 Å². The molecule has 0 radical (unpaired) electrons. The summed E-state index contributed by atoms with van der Waals surface area (Å²) >= 11 is 0. The standard InChI is InChI=1S/C12H14N2O/c1-3-12(15)14-8-9(2)13-10-6-4-5-7-11(10)14/h4-7,13H,2-3,8H2,1H3. The average molecular weight is 202 g/mol. The van der Waals surface area contributed by atoms with Crippen LogP contribution in [-0.4, -0.2) is 12.5 Å². The normalized spacial score (nSPS) is 14.5. The molecule has 1 aliphatic heterocycles. The molecule has 1 aliphatic rings. The van der Waals surface area contributed by atoms with E-state index < -0.39 is 0 Å². The molecule has 0 saturated heterocycles. The molecule has 1 heterocycles. The molecule has 1 N–H and O–H groups in total. The van der Waals surface area contributed by atoms with Crippen molar-refractivity contribution in [3.8, 4) is 0 Å². The third kappa shape index (κ3) is 1.73. The zero-order valence-electron chi connectivity index (χ0n) is 8.79. The van der Waals surface area contributed by atoms with Gasteiger partial charge in [-0.2, -0.15) is 0 Å². The lowest BCUT2D eigenvalue weighted by Gasteiger charge is -2.31. The maximum atomic E-state index is 11.7. The van der Waals surface area contributed by atoms with Crippen molar-refractivity contribution in [2.75, 3.05) is 16.8 Å². The highest BCUT2D eigenvalue weighted by atomic mass is 16.2. The van der Waals surface area contributed by atoms with Crippen LogP contribution in [0.2, 0.25) is 0 Å². The van der Waals surface area contributed by atoms with E-state index in [0.29, 0.717) is 13.0 Å². The van der Waals surface area contributed by atoms with Gasteiger partial charge in [-0.3, -0.25) is 4.79 Å². The average Bonchev–Trinajstić information content (AvgIpc) is 2.26. The largest absolute Gasteiger partial charge is 0.356 e. The number of carbonyl (C=O) groups is 1. The Hall–Kier alpha value is -1.77. The van der Waals surface area contributed by atoms with Crippen molar-refractivity contribution in [3.63, 3.8) is 0 Å². The maximum Gasteiger partial charge on any atom is 0.227 e. The van der Waals surface area contributed by atoms with Crippen LogP contribution in [0.5, 0.6) is 0 Å². The molecular weight excluding hydrogens is 188 g/mol. The van der Waals surface area contributed by atoms with Gasteiger partial charge in [0, 0.05) is 12.1 Å². The highest BCUT2D eigenvalue weighted by Crippen LogP contribution is 2.31. The number of benzene rings is 1. The third-order valence-corrected chi connectivity index (χ3v) is 2.46. The van der Waals surface area contributed by atoms with Crippen LogP contribution in [0, 0.1) is 0 Å². The van der Waals surface area contributed by atoms with E-state index in [4.69, 9.17) is 0 Å². The number of hydrogen-bond acceptors (Lipinski definition) is 2. The number of rotatable bonds is 1. The Kier molecular flexibility index (Phi) is 2.46. The van der Waals surface area contributed by atoms with Crippen LogP contribution < -0.4 is 10.2 Å². The molecule has 0 fully saturated rings. The third-order valence-electron chi connectivity index (χ3n) is 2.46. The number of hydrogen-bond donors (Lipinski definition) is 1. The van der Waals surface area contributed by atoms with Gasteiger partial charge >= 0.3 is 0 Å². The first-order valence-electron chi connectivity index (χ1n) is 5.06. The summed E-state index contributed by atoms with van der Waals surface area (Å²) in [5, 5.41) is 3.18. The Morgan fingerprint density at radius 3 is 3.00 bits per heavy atom. The molecule has 3 nitrogen and oxygen atoms in total. The second-order valence-electron chi connectivity index (χ2n) is 3.58. The Balaban J connectivity index is 2.42. The molecule has 0 bridgehead atoms. The molecule has 0 unspecified atom stereocenters. The number of nitrogens with zero attached hydrogens (tertiary/aromatic N) is 1. The molecule has 0 saturated carbocycles. The van der Waals surface area contributed by atoms with E-state index in [1.54, 1.807) is 4.90 Å². The van der Waals surface area contributed by atoms with E-state index in [1.807, 2.05) is 31.2 Å². The molecule has 1 aromatic rings. The van der Waals surface area contributed by atoms with Gasteiger partial charge in [0.25, 0.3) is 0 Å². The van der Waals surface area contributed by atoms with Gasteiger partial charge in [-0.25, -0.2) is 0 Å². The van der Waals surface area contributed by atoms with E-state index in [9.17, 15) is 4.79 Å². The highest BCUT2D eigenvalue weighted by molar-refractivity contribution is 5.98. The van der Waals surface area contributed by atoms with E-state index in [-0.39, 0.29) is 5.91 Å². The summed E-state index contributed by atoms with van der Waals surface area (Å²) in [7, 11) is 0. The smallest absolute Gasteiger partial charge is 0.227 e. The zero-order valence-corrected chi connectivity index (χ0v) is 8.79. The second-order valence-corrected chi connectivity index (χ2v) is 3.58. The summed E-state index contributed by atoms with van der Waals surface area (Å²) in [6, 6.07) is 7.78. The molecule has 0 aromatic heterocycles. The van der Waals surface area contributed by atoms with Crippen LogP contribution in [0.1, 0.15) is 13.3 Å². The number of para-hydroxylation sites is 2. The van der Waals surface area contributed by atoms with Crippen LogP contribution in [0.15, 0.2) is 36.5 Å². The fourth-order valence-corrected chi connectivity index (χ4v) is 1.73. The lowest BCUT2D eigenvalue weighted by atomic mass is 10.1. The van der Waals surface area contributed by atoms with Crippen LogP contribution >= 0.6 is 0 Å². The number of fused-ring (bicyclic) bond motifs is 1. The van der Waals surface area contributed by atoms with Gasteiger partial charge in [0.1, 0.15) is 0 Å². The highest BCUT2D eigenvalue weighted by Gasteiger charge is 2.22. The summed E-state index contributed by atoms with van der Waals surface area (Å²) in [6.45, 7) is 6.30. The van der Waals surface area contributed by atoms with Crippen LogP contribution in [0.4, 0.5) is 11.4 Å². The van der Waals surface area contributed by atoms with E-state index in [0.717, 1.165) is 17.1 Å². The summed E-state index contributed by atoms with van der Waals surface area (Å²) < 4.78 is 0. The predicted molar refractivity (Wildman–Crippen MR) is 61.8 cm³/mol. The molecule has 0 spiro atoms. The van der Waals surface area contributed by atoms with Crippen molar-refractivity contribution < 1.29 is 4.79 Å². The predicted octanol–water partition coefficient (Wildman–Crippen LogP) is 2.37. The molecule has 15 heavy (non-hydrogen) atoms. The Labute approximate surface area is 89.4 Å². The molecule has 78 valence electrons. The maximum absolute atomic E-state index is 11.7. The van der Waals surface area contributed by atoms with Crippen molar-refractivity contribution in [2.24, 2.45) is 0 Å². The monoisotopic (exact) mass is 202 g/mol. The zero-order chi connectivity index (χ0) is 10.8. The van der Waals surface area contributed by atoms with Crippen LogP contribution in [0.3, 0.4) is 0 Å². The van der Waals surface area contributed by atoms with Gasteiger partial charge in [0.15, 0.2) is 0 Å². The molecule has 2 rings (SSSR count). The summed E-state index contributed by atoms with van der Waals surface area (Å²) in [6.07, 6.45) is 0.515. The fourth-order valence-electron chi connectivity index (χ4n) is 1.73. The Morgan fingerprint density at radius 2 is 2.27 bits per heavy atom. The van der Waals surface area contributed by atoms with E-state index in [2.05, 4.69) is 11.9 Å². The number of carbonyl (C=O) groups excluding carboxylic acids is 1. The molecule has 1 aromatic carbocycles. The minimum Gasteiger partial charge on any atom is -0.356 e. The quantitative estimate of drug-likeness (QED) is 0.758. The van der Waals surface area contributed by atoms with Crippen molar-refractivity contribution in [2.45, 2.75) is 13.3 Å². The minimum atomic E-state index is 0.130. The van der Waals surface area contributed by atoms with Crippen LogP contribution in [-0.2, 0) is 4.79 Å².